The number of amides is 1. The van der Waals surface area contributed by atoms with E-state index in [0.717, 1.165) is 12.3 Å². The van der Waals surface area contributed by atoms with Gasteiger partial charge in [-0.1, -0.05) is 5.87 Å². The van der Waals surface area contributed by atoms with Crippen LogP contribution in [0.2, 0.25) is 0 Å². The first-order chi connectivity index (χ1) is 9.16. The average molecular weight is 298 g/mol. The fraction of sp³-hybridized carbons (Fsp3) is 0.833. The van der Waals surface area contributed by atoms with E-state index in [1.807, 2.05) is 13.3 Å². The minimum Gasteiger partial charge on any atom is -0.449 e. The molecule has 0 aliphatic rings. The van der Waals surface area contributed by atoms with Gasteiger partial charge in [-0.05, 0) is 13.3 Å². The summed E-state index contributed by atoms with van der Waals surface area (Å²) < 4.78 is 15.5. The highest BCUT2D eigenvalue weighted by Gasteiger charge is 2.00. The molecule has 0 bridgehead atoms. The van der Waals surface area contributed by atoms with E-state index in [2.05, 4.69) is 16.5 Å². The molecule has 0 aromatic rings. The molecule has 0 aliphatic carbocycles. The second-order valence-corrected chi connectivity index (χ2v) is 5.85. The molecule has 0 aromatic carbocycles. The standard InChI is InChI=1S/C12H26N2O4S.2H2/c1-13-4-6-16-8-9-17-7-5-14-12(15)18-10-11-19(2)3;;/h13H,2,4-11H2,1,3H3,(H,14,15);2*1H. The van der Waals surface area contributed by atoms with Crippen molar-refractivity contribution < 1.29 is 21.9 Å². The molecule has 6 nitrogen and oxygen atoms in total. The SMILES string of the molecule is C=S(C)CCOC(=O)NCCOCCOCCNC.[HH].[HH]. The van der Waals surface area contributed by atoms with Gasteiger partial charge in [0.15, 0.2) is 0 Å². The molecule has 1 amide bonds. The molecule has 0 aliphatic heterocycles. The Morgan fingerprint density at radius 2 is 1.79 bits per heavy atom. The van der Waals surface area contributed by atoms with Crippen LogP contribution in [0.4, 0.5) is 4.79 Å². The van der Waals surface area contributed by atoms with Gasteiger partial charge in [-0.3, -0.25) is 0 Å². The molecule has 19 heavy (non-hydrogen) atoms. The fourth-order valence-corrected chi connectivity index (χ4v) is 1.42. The van der Waals surface area contributed by atoms with Crippen LogP contribution in [0.3, 0.4) is 0 Å². The van der Waals surface area contributed by atoms with Gasteiger partial charge in [-0.25, -0.2) is 4.79 Å². The number of ether oxygens (including phenoxy) is 3. The molecule has 0 radical (unpaired) electrons. The number of nitrogens with one attached hydrogen (secondary N) is 2. The predicted octanol–water partition coefficient (Wildman–Crippen LogP) is 0.788. The van der Waals surface area contributed by atoms with Crippen molar-refractivity contribution in [3.8, 4) is 0 Å². The number of likely N-dealkylation sites (N-methyl/N-ethyl adjacent to an activating group) is 1. The van der Waals surface area contributed by atoms with Crippen LogP contribution in [0.15, 0.2) is 0 Å². The largest absolute Gasteiger partial charge is 0.449 e. The van der Waals surface area contributed by atoms with Crippen molar-refractivity contribution in [2.45, 2.75) is 0 Å². The maximum Gasteiger partial charge on any atom is 0.407 e. The van der Waals surface area contributed by atoms with Crippen LogP contribution >= 0.6 is 10.5 Å². The summed E-state index contributed by atoms with van der Waals surface area (Å²) in [5.74, 6) is 4.64. The summed E-state index contributed by atoms with van der Waals surface area (Å²) in [6.45, 7) is 3.91. The van der Waals surface area contributed by atoms with E-state index >= 15 is 0 Å². The third-order valence-corrected chi connectivity index (χ3v) is 2.91. The van der Waals surface area contributed by atoms with Crippen molar-refractivity contribution in [2.75, 3.05) is 65.2 Å². The Balaban J connectivity index is -0.00000162. The Hall–Kier alpha value is -0.630. The molecule has 0 rings (SSSR count). The quantitative estimate of drug-likeness (QED) is 0.412. The van der Waals surface area contributed by atoms with E-state index in [1.165, 1.54) is 0 Å². The van der Waals surface area contributed by atoms with E-state index < -0.39 is 6.09 Å². The van der Waals surface area contributed by atoms with Crippen LogP contribution in [0.25, 0.3) is 0 Å². The van der Waals surface area contributed by atoms with Gasteiger partial charge >= 0.3 is 6.09 Å². The van der Waals surface area contributed by atoms with Crippen LogP contribution in [0, 0.1) is 0 Å². The molecule has 0 heterocycles. The summed E-state index contributed by atoms with van der Waals surface area (Å²) >= 11 is 0. The maximum atomic E-state index is 11.2. The first-order valence-electron chi connectivity index (χ1n) is 6.29. The van der Waals surface area contributed by atoms with Gasteiger partial charge < -0.3 is 24.8 Å². The summed E-state index contributed by atoms with van der Waals surface area (Å²) in [4.78, 5) is 11.2. The van der Waals surface area contributed by atoms with Crippen molar-refractivity contribution in [1.29, 1.82) is 0 Å². The van der Waals surface area contributed by atoms with Gasteiger partial charge in [-0.15, -0.1) is 0 Å². The molecule has 0 saturated heterocycles. The molecule has 1 atom stereocenters. The molecular formula is C12H30N2O4S. The van der Waals surface area contributed by atoms with Gasteiger partial charge in [0.1, 0.15) is 6.61 Å². The van der Waals surface area contributed by atoms with Gasteiger partial charge in [0.25, 0.3) is 0 Å². The Morgan fingerprint density at radius 3 is 2.37 bits per heavy atom. The molecule has 2 N–H and O–H groups in total. The summed E-state index contributed by atoms with van der Waals surface area (Å²) in [5.41, 5.74) is 0. The number of alkyl carbamates (subject to hydrolysis) is 1. The van der Waals surface area contributed by atoms with Crippen LogP contribution in [-0.2, 0) is 14.2 Å². The lowest BCUT2D eigenvalue weighted by atomic mass is 10.6. The zero-order chi connectivity index (χ0) is 14.3. The highest BCUT2D eigenvalue weighted by Crippen LogP contribution is 1.99. The Bertz CT molecular complexity index is 261. The molecule has 7 heteroatoms. The Labute approximate surface area is 121 Å². The summed E-state index contributed by atoms with van der Waals surface area (Å²) in [6.07, 6.45) is 1.60. The Kier molecular flexibility index (Phi) is 13.3. The summed E-state index contributed by atoms with van der Waals surface area (Å²) in [6, 6.07) is 0. The zero-order valence-corrected chi connectivity index (χ0v) is 12.7. The van der Waals surface area contributed by atoms with Crippen molar-refractivity contribution >= 4 is 22.4 Å². The van der Waals surface area contributed by atoms with Gasteiger partial charge in [0.2, 0.25) is 0 Å². The predicted molar refractivity (Wildman–Crippen MR) is 84.6 cm³/mol. The molecule has 0 fully saturated rings. The van der Waals surface area contributed by atoms with Crippen LogP contribution in [0.1, 0.15) is 2.85 Å². The molecule has 118 valence electrons. The second-order valence-electron chi connectivity index (χ2n) is 3.88. The number of rotatable bonds is 12. The lowest BCUT2D eigenvalue weighted by molar-refractivity contribution is 0.0499. The van der Waals surface area contributed by atoms with Crippen molar-refractivity contribution in [2.24, 2.45) is 0 Å². The molecule has 0 aromatic heterocycles. The molecular weight excluding hydrogens is 268 g/mol. The fourth-order valence-electron chi connectivity index (χ4n) is 1.05. The summed E-state index contributed by atoms with van der Waals surface area (Å²) in [5, 5.41) is 5.60. The minimum absolute atomic E-state index is 0. The average Bonchev–Trinajstić information content (AvgIpc) is 2.36. The molecule has 0 spiro atoms. The van der Waals surface area contributed by atoms with Crippen LogP contribution in [-0.4, -0.2) is 77.1 Å². The first kappa shape index (κ1) is 18.4. The minimum atomic E-state index is -0.403. The number of carbonyl (C=O) groups is 1. The van der Waals surface area contributed by atoms with Crippen molar-refractivity contribution in [3.05, 3.63) is 0 Å². The lowest BCUT2D eigenvalue weighted by Crippen LogP contribution is -2.29. The maximum absolute atomic E-state index is 11.2. The number of hydrogen-bond donors (Lipinski definition) is 2. The van der Waals surface area contributed by atoms with Gasteiger partial charge in [-0.2, -0.15) is 10.5 Å². The normalized spacial score (nSPS) is 12.1. The van der Waals surface area contributed by atoms with Gasteiger partial charge in [0, 0.05) is 21.7 Å². The Morgan fingerprint density at radius 1 is 1.16 bits per heavy atom. The van der Waals surface area contributed by atoms with Crippen LogP contribution in [0.5, 0.6) is 0 Å². The molecule has 0 saturated carbocycles. The lowest BCUT2D eigenvalue weighted by Gasteiger charge is -2.08. The smallest absolute Gasteiger partial charge is 0.407 e. The van der Waals surface area contributed by atoms with E-state index in [0.29, 0.717) is 39.6 Å². The van der Waals surface area contributed by atoms with E-state index in [-0.39, 0.29) is 13.3 Å². The highest BCUT2D eigenvalue weighted by molar-refractivity contribution is 8.13. The monoisotopic (exact) mass is 298 g/mol. The topological polar surface area (TPSA) is 68.8 Å². The van der Waals surface area contributed by atoms with Gasteiger partial charge in [0.05, 0.1) is 26.4 Å². The third-order valence-electron chi connectivity index (χ3n) is 2.05. The summed E-state index contributed by atoms with van der Waals surface area (Å²) in [7, 11) is 1.93. The van der Waals surface area contributed by atoms with E-state index in [9.17, 15) is 4.79 Å². The van der Waals surface area contributed by atoms with Crippen molar-refractivity contribution in [1.82, 2.24) is 10.6 Å². The van der Waals surface area contributed by atoms with E-state index in [1.54, 1.807) is 0 Å². The van der Waals surface area contributed by atoms with E-state index in [4.69, 9.17) is 14.2 Å². The van der Waals surface area contributed by atoms with Crippen LogP contribution < -0.4 is 10.6 Å². The zero-order valence-electron chi connectivity index (χ0n) is 11.9. The third kappa shape index (κ3) is 15.3. The number of hydrogen-bond acceptors (Lipinski definition) is 5. The second kappa shape index (κ2) is 13.8. The highest BCUT2D eigenvalue weighted by atomic mass is 32.2. The first-order valence-corrected chi connectivity index (χ1v) is 8.27. The molecule has 1 unspecified atom stereocenters. The number of carbonyl (C=O) groups excluding carboxylic acids is 1. The van der Waals surface area contributed by atoms with Crippen molar-refractivity contribution in [3.63, 3.8) is 0 Å².